The van der Waals surface area contributed by atoms with Crippen molar-refractivity contribution in [3.05, 3.63) is 42.1 Å². The van der Waals surface area contributed by atoms with Crippen molar-refractivity contribution >= 4 is 10.9 Å². The van der Waals surface area contributed by atoms with Crippen LogP contribution in [0.15, 0.2) is 36.5 Å². The van der Waals surface area contributed by atoms with Crippen LogP contribution in [0.5, 0.6) is 0 Å². The number of fused-ring (bicyclic) bond motifs is 1. The molecule has 0 aliphatic carbocycles. The van der Waals surface area contributed by atoms with Crippen molar-refractivity contribution in [1.82, 2.24) is 10.4 Å². The molecule has 0 aliphatic heterocycles. The maximum Gasteiger partial charge on any atom is 0.0750 e. The molecule has 19 heavy (non-hydrogen) atoms. The van der Waals surface area contributed by atoms with E-state index in [9.17, 15) is 0 Å². The van der Waals surface area contributed by atoms with E-state index < -0.39 is 0 Å². The molecule has 1 heterocycles. The van der Waals surface area contributed by atoms with Crippen LogP contribution in [0.3, 0.4) is 0 Å². The number of pyridine rings is 1. The van der Waals surface area contributed by atoms with Crippen LogP contribution in [-0.4, -0.2) is 18.2 Å². The topological polar surface area (TPSA) is 60.2 Å². The number of hydrazine groups is 1. The van der Waals surface area contributed by atoms with E-state index in [0.29, 0.717) is 0 Å². The van der Waals surface area contributed by atoms with Gasteiger partial charge in [0.05, 0.1) is 5.52 Å². The minimum absolute atomic E-state index is 0.110. The summed E-state index contributed by atoms with van der Waals surface area (Å²) in [4.78, 5) is 4.47. The summed E-state index contributed by atoms with van der Waals surface area (Å²) in [5, 5.41) is 1.14. The summed E-state index contributed by atoms with van der Waals surface area (Å²) in [7, 11) is 0. The van der Waals surface area contributed by atoms with Gasteiger partial charge >= 0.3 is 0 Å². The quantitative estimate of drug-likeness (QED) is 0.456. The van der Waals surface area contributed by atoms with Gasteiger partial charge in [-0.1, -0.05) is 24.3 Å². The zero-order chi connectivity index (χ0) is 13.5. The van der Waals surface area contributed by atoms with E-state index in [1.165, 1.54) is 0 Å². The number of benzene rings is 1. The minimum atomic E-state index is 0.110. The number of nitrogens with zero attached hydrogens (tertiary/aromatic N) is 1. The molecule has 2 aromatic rings. The lowest BCUT2D eigenvalue weighted by Crippen LogP contribution is -2.28. The maximum atomic E-state index is 5.69. The van der Waals surface area contributed by atoms with Crippen molar-refractivity contribution in [2.24, 2.45) is 5.84 Å². The molecule has 0 saturated carbocycles. The Labute approximate surface area is 113 Å². The van der Waals surface area contributed by atoms with Crippen LogP contribution in [0.2, 0.25) is 0 Å². The van der Waals surface area contributed by atoms with Crippen LogP contribution in [-0.2, 0) is 4.74 Å². The molecule has 1 aromatic heterocycles. The first-order valence-corrected chi connectivity index (χ1v) is 6.74. The molecule has 0 radical (unpaired) electrons. The minimum Gasteiger partial charge on any atom is -0.382 e. The third-order valence-corrected chi connectivity index (χ3v) is 3.23. The lowest BCUT2D eigenvalue weighted by atomic mass is 9.99. The Balaban J connectivity index is 2.16. The molecule has 0 saturated heterocycles. The van der Waals surface area contributed by atoms with Crippen molar-refractivity contribution in [2.45, 2.75) is 25.8 Å². The Kier molecular flexibility index (Phi) is 5.27. The molecule has 0 spiro atoms. The Morgan fingerprint density at radius 2 is 2.16 bits per heavy atom. The van der Waals surface area contributed by atoms with Gasteiger partial charge in [-0.05, 0) is 31.4 Å². The van der Waals surface area contributed by atoms with E-state index in [1.807, 2.05) is 25.3 Å². The molecule has 1 atom stereocenters. The van der Waals surface area contributed by atoms with Crippen molar-refractivity contribution in [1.29, 1.82) is 0 Å². The fourth-order valence-corrected chi connectivity index (χ4v) is 2.27. The molecular formula is C15H21N3O. The molecule has 0 aliphatic rings. The van der Waals surface area contributed by atoms with E-state index in [-0.39, 0.29) is 6.04 Å². The number of nitrogens with one attached hydrogen (secondary N) is 1. The molecule has 1 aromatic carbocycles. The second-order valence-electron chi connectivity index (χ2n) is 4.48. The summed E-state index contributed by atoms with van der Waals surface area (Å²) < 4.78 is 5.37. The monoisotopic (exact) mass is 259 g/mol. The third kappa shape index (κ3) is 3.50. The molecule has 1 unspecified atom stereocenters. The third-order valence-electron chi connectivity index (χ3n) is 3.23. The SMILES string of the molecule is CCOCCCC(NN)c1cccc2cccnc12. The normalized spacial score (nSPS) is 12.7. The average Bonchev–Trinajstić information content (AvgIpc) is 2.47. The van der Waals surface area contributed by atoms with Crippen molar-refractivity contribution in [2.75, 3.05) is 13.2 Å². The second kappa shape index (κ2) is 7.19. The Bertz CT molecular complexity index is 510. The summed E-state index contributed by atoms with van der Waals surface area (Å²) in [6.07, 6.45) is 3.73. The summed E-state index contributed by atoms with van der Waals surface area (Å²) in [5.74, 6) is 5.69. The zero-order valence-electron chi connectivity index (χ0n) is 11.3. The van der Waals surface area contributed by atoms with Crippen LogP contribution in [0.25, 0.3) is 10.9 Å². The van der Waals surface area contributed by atoms with E-state index in [1.54, 1.807) is 0 Å². The fraction of sp³-hybridized carbons (Fsp3) is 0.400. The Morgan fingerprint density at radius 1 is 1.32 bits per heavy atom. The van der Waals surface area contributed by atoms with Gasteiger partial charge in [0.1, 0.15) is 0 Å². The molecular weight excluding hydrogens is 238 g/mol. The molecule has 0 fully saturated rings. The summed E-state index contributed by atoms with van der Waals surface area (Å²) >= 11 is 0. The zero-order valence-corrected chi connectivity index (χ0v) is 11.3. The van der Waals surface area contributed by atoms with E-state index in [2.05, 4.69) is 28.6 Å². The predicted octanol–water partition coefficient (Wildman–Crippen LogP) is 2.56. The van der Waals surface area contributed by atoms with Gasteiger partial charge < -0.3 is 4.74 Å². The molecule has 2 rings (SSSR count). The summed E-state index contributed by atoms with van der Waals surface area (Å²) in [6.45, 7) is 3.54. The molecule has 0 amide bonds. The number of hydrogen-bond donors (Lipinski definition) is 2. The lowest BCUT2D eigenvalue weighted by molar-refractivity contribution is 0.141. The van der Waals surface area contributed by atoms with Gasteiger partial charge in [0.15, 0.2) is 0 Å². The van der Waals surface area contributed by atoms with E-state index >= 15 is 0 Å². The largest absolute Gasteiger partial charge is 0.382 e. The number of nitrogens with two attached hydrogens (primary N) is 1. The lowest BCUT2D eigenvalue weighted by Gasteiger charge is -2.17. The van der Waals surface area contributed by atoms with Gasteiger partial charge in [-0.25, -0.2) is 0 Å². The highest BCUT2D eigenvalue weighted by molar-refractivity contribution is 5.81. The van der Waals surface area contributed by atoms with Gasteiger partial charge in [-0.15, -0.1) is 0 Å². The van der Waals surface area contributed by atoms with Gasteiger partial charge in [0, 0.05) is 30.8 Å². The molecule has 0 bridgehead atoms. The summed E-state index contributed by atoms with van der Waals surface area (Å²) in [5.41, 5.74) is 5.06. The highest BCUT2D eigenvalue weighted by Gasteiger charge is 2.13. The molecule has 102 valence electrons. The van der Waals surface area contributed by atoms with E-state index in [0.717, 1.165) is 42.5 Å². The second-order valence-corrected chi connectivity index (χ2v) is 4.48. The average molecular weight is 259 g/mol. The summed E-state index contributed by atoms with van der Waals surface area (Å²) in [6, 6.07) is 10.3. The number of hydrogen-bond acceptors (Lipinski definition) is 4. The fourth-order valence-electron chi connectivity index (χ4n) is 2.27. The standard InChI is InChI=1S/C15H21N3O/c1-2-19-11-5-9-14(18-16)13-8-3-6-12-7-4-10-17-15(12)13/h3-4,6-8,10,14,18H,2,5,9,11,16H2,1H3. The van der Waals surface area contributed by atoms with Crippen LogP contribution in [0.4, 0.5) is 0 Å². The predicted molar refractivity (Wildman–Crippen MR) is 77.5 cm³/mol. The first-order valence-electron chi connectivity index (χ1n) is 6.74. The van der Waals surface area contributed by atoms with Gasteiger partial charge in [0.2, 0.25) is 0 Å². The molecule has 4 heteroatoms. The van der Waals surface area contributed by atoms with Gasteiger partial charge in [-0.3, -0.25) is 16.3 Å². The van der Waals surface area contributed by atoms with Crippen molar-refractivity contribution in [3.63, 3.8) is 0 Å². The van der Waals surface area contributed by atoms with Crippen molar-refractivity contribution < 1.29 is 4.74 Å². The van der Waals surface area contributed by atoms with Gasteiger partial charge in [-0.2, -0.15) is 0 Å². The Morgan fingerprint density at radius 3 is 2.95 bits per heavy atom. The number of aromatic nitrogens is 1. The van der Waals surface area contributed by atoms with Crippen LogP contribution < -0.4 is 11.3 Å². The highest BCUT2D eigenvalue weighted by Crippen LogP contribution is 2.24. The van der Waals surface area contributed by atoms with Gasteiger partial charge in [0.25, 0.3) is 0 Å². The number of para-hydroxylation sites is 1. The van der Waals surface area contributed by atoms with Crippen LogP contribution in [0, 0.1) is 0 Å². The first-order chi connectivity index (χ1) is 9.36. The van der Waals surface area contributed by atoms with E-state index in [4.69, 9.17) is 10.6 Å². The maximum absolute atomic E-state index is 5.69. The Hall–Kier alpha value is -1.49. The van der Waals surface area contributed by atoms with Crippen LogP contribution in [0.1, 0.15) is 31.4 Å². The number of ether oxygens (including phenoxy) is 1. The molecule has 4 nitrogen and oxygen atoms in total. The molecule has 3 N–H and O–H groups in total. The number of rotatable bonds is 7. The van der Waals surface area contributed by atoms with Crippen LogP contribution >= 0.6 is 0 Å². The smallest absolute Gasteiger partial charge is 0.0750 e. The highest BCUT2D eigenvalue weighted by atomic mass is 16.5. The van der Waals surface area contributed by atoms with Crippen molar-refractivity contribution in [3.8, 4) is 0 Å². The first kappa shape index (κ1) is 13.9.